The van der Waals surface area contributed by atoms with Crippen molar-refractivity contribution in [2.75, 3.05) is 33.3 Å². The third kappa shape index (κ3) is 2.13. The van der Waals surface area contributed by atoms with Gasteiger partial charge in [0.1, 0.15) is 5.75 Å². The van der Waals surface area contributed by atoms with Gasteiger partial charge >= 0.3 is 0 Å². The third-order valence-electron chi connectivity index (χ3n) is 3.67. The molecule has 0 amide bonds. The van der Waals surface area contributed by atoms with Gasteiger partial charge in [0.05, 0.1) is 12.6 Å². The Hall–Kier alpha value is -1.39. The number of carbonyl (C=O) groups is 1. The summed E-state index contributed by atoms with van der Waals surface area (Å²) in [7, 11) is 2.05. The molecule has 2 heterocycles. The molecule has 0 spiro atoms. The summed E-state index contributed by atoms with van der Waals surface area (Å²) in [5.41, 5.74) is 1.96. The van der Waals surface area contributed by atoms with Crippen LogP contribution in [-0.4, -0.2) is 50.0 Å². The molecule has 0 radical (unpaired) electrons. The highest BCUT2D eigenvalue weighted by molar-refractivity contribution is 6.00. The maximum absolute atomic E-state index is 12.4. The summed E-state index contributed by atoms with van der Waals surface area (Å²) in [6.07, 6.45) is 0.911. The van der Waals surface area contributed by atoms with E-state index in [2.05, 4.69) is 17.3 Å². The molecule has 3 rings (SSSR count). The summed E-state index contributed by atoms with van der Waals surface area (Å²) in [5, 5.41) is 3.29. The van der Waals surface area contributed by atoms with E-state index in [1.54, 1.807) is 0 Å². The lowest BCUT2D eigenvalue weighted by Crippen LogP contribution is -2.52. The Balaban J connectivity index is 1.79. The molecule has 0 saturated carbocycles. The lowest BCUT2D eigenvalue weighted by molar-refractivity contribution is 0.0894. The van der Waals surface area contributed by atoms with Crippen LogP contribution in [0.25, 0.3) is 0 Å². The largest absolute Gasteiger partial charge is 0.493 e. The number of carbonyl (C=O) groups excluding carboxylic acids is 1. The molecule has 18 heavy (non-hydrogen) atoms. The van der Waals surface area contributed by atoms with E-state index in [9.17, 15) is 4.79 Å². The molecular weight excluding hydrogens is 228 g/mol. The van der Waals surface area contributed by atoms with Crippen molar-refractivity contribution in [3.63, 3.8) is 0 Å². The van der Waals surface area contributed by atoms with Crippen molar-refractivity contribution < 1.29 is 9.53 Å². The number of rotatable bonds is 2. The molecule has 1 unspecified atom stereocenters. The number of benzene rings is 1. The van der Waals surface area contributed by atoms with Crippen LogP contribution in [0, 0.1) is 0 Å². The topological polar surface area (TPSA) is 41.6 Å². The lowest BCUT2D eigenvalue weighted by Gasteiger charge is -2.30. The van der Waals surface area contributed by atoms with Crippen molar-refractivity contribution in [3.8, 4) is 5.75 Å². The first-order valence-electron chi connectivity index (χ1n) is 6.46. The van der Waals surface area contributed by atoms with Gasteiger partial charge < -0.3 is 15.0 Å². The molecule has 1 aromatic carbocycles. The number of fused-ring (bicyclic) bond motifs is 1. The summed E-state index contributed by atoms with van der Waals surface area (Å²) in [5.74, 6) is 1.12. The van der Waals surface area contributed by atoms with Crippen LogP contribution in [-0.2, 0) is 6.42 Å². The van der Waals surface area contributed by atoms with Gasteiger partial charge in [-0.3, -0.25) is 4.79 Å². The Morgan fingerprint density at radius 2 is 2.39 bits per heavy atom. The van der Waals surface area contributed by atoms with E-state index in [4.69, 9.17) is 4.74 Å². The van der Waals surface area contributed by atoms with Crippen LogP contribution >= 0.6 is 0 Å². The average molecular weight is 246 g/mol. The maximum Gasteiger partial charge on any atom is 0.181 e. The number of ketones is 1. The Kier molecular flexibility index (Phi) is 3.06. The van der Waals surface area contributed by atoms with Gasteiger partial charge in [0.2, 0.25) is 0 Å². The predicted octanol–water partition coefficient (Wildman–Crippen LogP) is 0.708. The van der Waals surface area contributed by atoms with Gasteiger partial charge in [-0.05, 0) is 30.8 Å². The lowest BCUT2D eigenvalue weighted by atomic mass is 9.99. The molecular formula is C14H18N2O2. The SMILES string of the molecule is CN1CCNC(C(=O)c2ccc3c(c2)CCO3)C1. The van der Waals surface area contributed by atoms with Gasteiger partial charge in [-0.25, -0.2) is 0 Å². The van der Waals surface area contributed by atoms with Crippen molar-refractivity contribution >= 4 is 5.78 Å². The van der Waals surface area contributed by atoms with Gasteiger partial charge in [-0.15, -0.1) is 0 Å². The molecule has 0 aromatic heterocycles. The minimum Gasteiger partial charge on any atom is -0.493 e. The second-order valence-corrected chi connectivity index (χ2v) is 5.05. The average Bonchev–Trinajstić information content (AvgIpc) is 2.85. The molecule has 0 aliphatic carbocycles. The molecule has 1 atom stereocenters. The molecule has 1 fully saturated rings. The molecule has 4 heteroatoms. The minimum atomic E-state index is -0.0795. The minimum absolute atomic E-state index is 0.0795. The van der Waals surface area contributed by atoms with E-state index in [0.717, 1.165) is 49.5 Å². The maximum atomic E-state index is 12.4. The van der Waals surface area contributed by atoms with Crippen molar-refractivity contribution in [1.29, 1.82) is 0 Å². The zero-order valence-electron chi connectivity index (χ0n) is 10.6. The van der Waals surface area contributed by atoms with Crippen LogP contribution in [0.3, 0.4) is 0 Å². The summed E-state index contributed by atoms with van der Waals surface area (Å²) < 4.78 is 5.46. The standard InChI is InChI=1S/C14H18N2O2/c1-16-6-5-15-12(9-16)14(17)11-2-3-13-10(8-11)4-7-18-13/h2-3,8,12,15H,4-7,9H2,1H3. The van der Waals surface area contributed by atoms with Crippen LogP contribution in [0.2, 0.25) is 0 Å². The van der Waals surface area contributed by atoms with Crippen molar-refractivity contribution in [1.82, 2.24) is 10.2 Å². The number of nitrogens with one attached hydrogen (secondary N) is 1. The fourth-order valence-electron chi connectivity index (χ4n) is 2.61. The third-order valence-corrected chi connectivity index (χ3v) is 3.67. The number of hydrogen-bond acceptors (Lipinski definition) is 4. The Morgan fingerprint density at radius 3 is 3.22 bits per heavy atom. The Morgan fingerprint density at radius 1 is 1.50 bits per heavy atom. The van der Waals surface area contributed by atoms with E-state index in [0.29, 0.717) is 0 Å². The first kappa shape index (κ1) is 11.7. The predicted molar refractivity (Wildman–Crippen MR) is 69.3 cm³/mol. The molecule has 1 saturated heterocycles. The van der Waals surface area contributed by atoms with Gasteiger partial charge in [0.25, 0.3) is 0 Å². The summed E-state index contributed by atoms with van der Waals surface area (Å²) >= 11 is 0. The van der Waals surface area contributed by atoms with E-state index in [1.807, 2.05) is 18.2 Å². The van der Waals surface area contributed by atoms with Gasteiger partial charge in [0.15, 0.2) is 5.78 Å². The van der Waals surface area contributed by atoms with Crippen molar-refractivity contribution in [2.45, 2.75) is 12.5 Å². The fraction of sp³-hybridized carbons (Fsp3) is 0.500. The quantitative estimate of drug-likeness (QED) is 0.780. The number of Topliss-reactive ketones (excluding diaryl/α,β-unsaturated/α-hetero) is 1. The van der Waals surface area contributed by atoms with E-state index < -0.39 is 0 Å². The van der Waals surface area contributed by atoms with Gasteiger partial charge in [0, 0.05) is 31.6 Å². The number of piperazine rings is 1. The smallest absolute Gasteiger partial charge is 0.181 e. The highest BCUT2D eigenvalue weighted by Crippen LogP contribution is 2.26. The first-order chi connectivity index (χ1) is 8.74. The van der Waals surface area contributed by atoms with Crippen molar-refractivity contribution in [3.05, 3.63) is 29.3 Å². The van der Waals surface area contributed by atoms with Gasteiger partial charge in [-0.1, -0.05) is 0 Å². The van der Waals surface area contributed by atoms with Crippen LogP contribution in [0.1, 0.15) is 15.9 Å². The number of nitrogens with zero attached hydrogens (tertiary/aromatic N) is 1. The Bertz CT molecular complexity index is 473. The van der Waals surface area contributed by atoms with Crippen LogP contribution in [0.5, 0.6) is 5.75 Å². The fourth-order valence-corrected chi connectivity index (χ4v) is 2.61. The summed E-state index contributed by atoms with van der Waals surface area (Å²) in [6, 6.07) is 5.70. The second-order valence-electron chi connectivity index (χ2n) is 5.05. The zero-order valence-corrected chi connectivity index (χ0v) is 10.6. The molecule has 2 aliphatic heterocycles. The molecule has 1 aromatic rings. The highest BCUT2D eigenvalue weighted by atomic mass is 16.5. The van der Waals surface area contributed by atoms with E-state index in [1.165, 1.54) is 0 Å². The normalized spacial score (nSPS) is 23.5. The van der Waals surface area contributed by atoms with Crippen LogP contribution < -0.4 is 10.1 Å². The number of ether oxygens (including phenoxy) is 1. The van der Waals surface area contributed by atoms with Gasteiger partial charge in [-0.2, -0.15) is 0 Å². The van der Waals surface area contributed by atoms with Crippen LogP contribution in [0.15, 0.2) is 18.2 Å². The number of hydrogen-bond donors (Lipinski definition) is 1. The summed E-state index contributed by atoms with van der Waals surface area (Å²) in [4.78, 5) is 14.6. The van der Waals surface area contributed by atoms with Crippen LogP contribution in [0.4, 0.5) is 0 Å². The van der Waals surface area contributed by atoms with E-state index >= 15 is 0 Å². The molecule has 1 N–H and O–H groups in total. The first-order valence-corrected chi connectivity index (χ1v) is 6.46. The monoisotopic (exact) mass is 246 g/mol. The summed E-state index contributed by atoms with van der Waals surface area (Å²) in [6.45, 7) is 3.40. The molecule has 2 aliphatic rings. The molecule has 4 nitrogen and oxygen atoms in total. The van der Waals surface area contributed by atoms with E-state index in [-0.39, 0.29) is 11.8 Å². The molecule has 96 valence electrons. The molecule has 0 bridgehead atoms. The van der Waals surface area contributed by atoms with Crippen molar-refractivity contribution in [2.24, 2.45) is 0 Å². The Labute approximate surface area is 107 Å². The number of likely N-dealkylation sites (N-methyl/N-ethyl adjacent to an activating group) is 1. The zero-order chi connectivity index (χ0) is 12.5. The second kappa shape index (κ2) is 4.71. The highest BCUT2D eigenvalue weighted by Gasteiger charge is 2.25.